The zero-order chi connectivity index (χ0) is 19.0. The van der Waals surface area contributed by atoms with Crippen LogP contribution < -0.4 is 5.56 Å². The third-order valence-corrected chi connectivity index (χ3v) is 5.84. The number of carbonyl (C=O) groups excluding carboxylic acids is 1. The first kappa shape index (κ1) is 18.2. The van der Waals surface area contributed by atoms with Crippen LogP contribution in [0.5, 0.6) is 0 Å². The average molecular weight is 370 g/mol. The first-order valence-electron chi connectivity index (χ1n) is 9.65. The average Bonchev–Trinajstić information content (AvgIpc) is 3.10. The van der Waals surface area contributed by atoms with Gasteiger partial charge >= 0.3 is 0 Å². The molecule has 1 aromatic carbocycles. The molecular formula is C21H26N2O4. The molecule has 2 saturated heterocycles. The molecule has 1 N–H and O–H groups in total. The lowest BCUT2D eigenvalue weighted by Crippen LogP contribution is -2.47. The summed E-state index contributed by atoms with van der Waals surface area (Å²) < 4.78 is 11.4. The van der Waals surface area contributed by atoms with E-state index in [1.165, 1.54) is 5.56 Å². The lowest BCUT2D eigenvalue weighted by Gasteiger charge is -2.37. The van der Waals surface area contributed by atoms with Crippen molar-refractivity contribution in [2.75, 3.05) is 26.3 Å². The second-order valence-corrected chi connectivity index (χ2v) is 7.64. The molecule has 6 heteroatoms. The van der Waals surface area contributed by atoms with E-state index in [0.29, 0.717) is 57.6 Å². The molecule has 2 fully saturated rings. The first-order valence-corrected chi connectivity index (χ1v) is 9.65. The van der Waals surface area contributed by atoms with E-state index in [-0.39, 0.29) is 11.5 Å². The Kier molecular flexibility index (Phi) is 4.78. The highest BCUT2D eigenvalue weighted by Crippen LogP contribution is 2.31. The van der Waals surface area contributed by atoms with Crippen molar-refractivity contribution >= 4 is 16.8 Å². The summed E-state index contributed by atoms with van der Waals surface area (Å²) in [5.74, 6) is -0.384. The zero-order valence-corrected chi connectivity index (χ0v) is 16.0. The van der Waals surface area contributed by atoms with Crippen molar-refractivity contribution in [3.8, 4) is 0 Å². The minimum atomic E-state index is -0.470. The molecule has 27 heavy (non-hydrogen) atoms. The molecule has 0 atom stereocenters. The van der Waals surface area contributed by atoms with E-state index in [1.54, 1.807) is 0 Å². The van der Waals surface area contributed by atoms with E-state index in [9.17, 15) is 9.59 Å². The predicted octanol–water partition coefficient (Wildman–Crippen LogP) is 2.44. The number of nitrogens with one attached hydrogen (secondary N) is 1. The number of H-pyrrole nitrogens is 1. The van der Waals surface area contributed by atoms with Crippen LogP contribution in [0.25, 0.3) is 10.9 Å². The molecule has 4 rings (SSSR count). The minimum absolute atomic E-state index is 0.0856. The van der Waals surface area contributed by atoms with Crippen LogP contribution >= 0.6 is 0 Å². The minimum Gasteiger partial charge on any atom is -0.347 e. The van der Waals surface area contributed by atoms with E-state index < -0.39 is 5.79 Å². The molecule has 0 unspecified atom stereocenters. The topological polar surface area (TPSA) is 71.6 Å². The predicted molar refractivity (Wildman–Crippen MR) is 103 cm³/mol. The summed E-state index contributed by atoms with van der Waals surface area (Å²) in [6.45, 7) is 6.65. The van der Waals surface area contributed by atoms with Crippen molar-refractivity contribution < 1.29 is 14.3 Å². The standard InChI is InChI=1S/C21H26N2O4/c1-14-11-17-13-16(20(25)22-18(17)12-15(14)2)3-4-19(24)23-7-5-21(6-8-23)26-9-10-27-21/h11-13H,3-10H2,1-2H3,(H,22,25). The number of pyridine rings is 1. The molecule has 0 radical (unpaired) electrons. The number of piperidine rings is 1. The summed E-state index contributed by atoms with van der Waals surface area (Å²) in [6, 6.07) is 5.99. The van der Waals surface area contributed by atoms with Gasteiger partial charge in [0.1, 0.15) is 0 Å². The first-order chi connectivity index (χ1) is 13.0. The van der Waals surface area contributed by atoms with Crippen LogP contribution in [-0.4, -0.2) is 47.9 Å². The number of carbonyl (C=O) groups is 1. The Labute approximate surface area is 158 Å². The Morgan fingerprint density at radius 2 is 1.78 bits per heavy atom. The Balaban J connectivity index is 1.41. The lowest BCUT2D eigenvalue weighted by molar-refractivity contribution is -0.187. The number of likely N-dealkylation sites (tertiary alicyclic amines) is 1. The second kappa shape index (κ2) is 7.09. The van der Waals surface area contributed by atoms with Crippen LogP contribution in [0.15, 0.2) is 23.0 Å². The number of amides is 1. The van der Waals surface area contributed by atoms with Gasteiger partial charge in [0.25, 0.3) is 5.56 Å². The number of aromatic amines is 1. The Hall–Kier alpha value is -2.18. The van der Waals surface area contributed by atoms with Crippen LogP contribution in [0.4, 0.5) is 0 Å². The summed E-state index contributed by atoms with van der Waals surface area (Å²) in [5, 5.41) is 1.01. The van der Waals surface area contributed by atoms with Gasteiger partial charge in [0.2, 0.25) is 5.91 Å². The van der Waals surface area contributed by atoms with Gasteiger partial charge in [0.15, 0.2) is 5.79 Å². The molecule has 2 aliphatic heterocycles. The maximum atomic E-state index is 12.6. The van der Waals surface area contributed by atoms with Gasteiger partial charge in [-0.2, -0.15) is 0 Å². The molecule has 2 aromatic rings. The normalized spacial score (nSPS) is 19.1. The van der Waals surface area contributed by atoms with E-state index in [1.807, 2.05) is 24.0 Å². The molecule has 1 amide bonds. The number of benzene rings is 1. The van der Waals surface area contributed by atoms with E-state index in [4.69, 9.17) is 9.47 Å². The van der Waals surface area contributed by atoms with Gasteiger partial charge in [0, 0.05) is 43.4 Å². The van der Waals surface area contributed by atoms with Crippen molar-refractivity contribution in [1.82, 2.24) is 9.88 Å². The Morgan fingerprint density at radius 3 is 2.48 bits per heavy atom. The molecule has 1 aromatic heterocycles. The highest BCUT2D eigenvalue weighted by molar-refractivity contribution is 5.81. The maximum Gasteiger partial charge on any atom is 0.251 e. The van der Waals surface area contributed by atoms with E-state index in [0.717, 1.165) is 16.5 Å². The van der Waals surface area contributed by atoms with Gasteiger partial charge in [-0.1, -0.05) is 0 Å². The summed E-state index contributed by atoms with van der Waals surface area (Å²) in [6.07, 6.45) is 2.22. The molecule has 0 aliphatic carbocycles. The van der Waals surface area contributed by atoms with Gasteiger partial charge in [-0.05, 0) is 55.0 Å². The summed E-state index contributed by atoms with van der Waals surface area (Å²) in [5.41, 5.74) is 3.74. The van der Waals surface area contributed by atoms with Crippen LogP contribution in [0.1, 0.15) is 36.0 Å². The molecule has 1 spiro atoms. The van der Waals surface area contributed by atoms with Crippen molar-refractivity contribution in [1.29, 1.82) is 0 Å². The number of rotatable bonds is 3. The fraction of sp³-hybridized carbons (Fsp3) is 0.524. The second-order valence-electron chi connectivity index (χ2n) is 7.64. The summed E-state index contributed by atoms with van der Waals surface area (Å²) in [4.78, 5) is 29.8. The number of nitrogens with zero attached hydrogens (tertiary/aromatic N) is 1. The lowest BCUT2D eigenvalue weighted by atomic mass is 10.0. The smallest absolute Gasteiger partial charge is 0.251 e. The molecule has 144 valence electrons. The number of ether oxygens (including phenoxy) is 2. The zero-order valence-electron chi connectivity index (χ0n) is 16.0. The molecule has 0 saturated carbocycles. The van der Waals surface area contributed by atoms with Gasteiger partial charge < -0.3 is 19.4 Å². The fourth-order valence-corrected chi connectivity index (χ4v) is 3.99. The number of hydrogen-bond donors (Lipinski definition) is 1. The monoisotopic (exact) mass is 370 g/mol. The fourth-order valence-electron chi connectivity index (χ4n) is 3.99. The van der Waals surface area contributed by atoms with Crippen molar-refractivity contribution in [3.05, 3.63) is 45.2 Å². The molecule has 0 bridgehead atoms. The van der Waals surface area contributed by atoms with Crippen LogP contribution in [0.2, 0.25) is 0 Å². The van der Waals surface area contributed by atoms with E-state index in [2.05, 4.69) is 18.0 Å². The van der Waals surface area contributed by atoms with Crippen LogP contribution in [0.3, 0.4) is 0 Å². The SMILES string of the molecule is Cc1cc2cc(CCC(=O)N3CCC4(CC3)OCCO4)c(=O)[nH]c2cc1C. The largest absolute Gasteiger partial charge is 0.347 e. The Bertz CT molecular complexity index is 918. The van der Waals surface area contributed by atoms with Gasteiger partial charge in [-0.15, -0.1) is 0 Å². The Morgan fingerprint density at radius 1 is 1.11 bits per heavy atom. The van der Waals surface area contributed by atoms with E-state index >= 15 is 0 Å². The van der Waals surface area contributed by atoms with Crippen LogP contribution in [-0.2, 0) is 20.7 Å². The number of fused-ring (bicyclic) bond motifs is 1. The van der Waals surface area contributed by atoms with Gasteiger partial charge in [0.05, 0.1) is 13.2 Å². The summed E-state index contributed by atoms with van der Waals surface area (Å²) >= 11 is 0. The number of hydrogen-bond acceptors (Lipinski definition) is 4. The number of aryl methyl sites for hydroxylation is 3. The highest BCUT2D eigenvalue weighted by atomic mass is 16.7. The van der Waals surface area contributed by atoms with Crippen LogP contribution in [0, 0.1) is 13.8 Å². The highest BCUT2D eigenvalue weighted by Gasteiger charge is 2.40. The van der Waals surface area contributed by atoms with Gasteiger partial charge in [-0.25, -0.2) is 0 Å². The molecule has 6 nitrogen and oxygen atoms in total. The number of aromatic nitrogens is 1. The maximum absolute atomic E-state index is 12.6. The van der Waals surface area contributed by atoms with Crippen molar-refractivity contribution in [2.24, 2.45) is 0 Å². The third kappa shape index (κ3) is 3.64. The molecule has 2 aliphatic rings. The summed E-state index contributed by atoms with van der Waals surface area (Å²) in [7, 11) is 0. The third-order valence-electron chi connectivity index (χ3n) is 5.84. The molecule has 3 heterocycles. The quantitative estimate of drug-likeness (QED) is 0.901. The van der Waals surface area contributed by atoms with Crippen molar-refractivity contribution in [2.45, 2.75) is 45.3 Å². The molecular weight excluding hydrogens is 344 g/mol. The van der Waals surface area contributed by atoms with Gasteiger partial charge in [-0.3, -0.25) is 9.59 Å². The van der Waals surface area contributed by atoms with Crippen molar-refractivity contribution in [3.63, 3.8) is 0 Å².